The van der Waals surface area contributed by atoms with E-state index in [9.17, 15) is 33.7 Å². The van der Waals surface area contributed by atoms with E-state index < -0.39 is 82.9 Å². The van der Waals surface area contributed by atoms with E-state index in [-0.39, 0.29) is 0 Å². The van der Waals surface area contributed by atoms with Crippen molar-refractivity contribution in [2.75, 3.05) is 23.0 Å². The topological polar surface area (TPSA) is 209 Å². The number of nitrogens with zero attached hydrogens (tertiary/aromatic N) is 4. The fraction of sp³-hybridized carbons (Fsp3) is 0.889. The Morgan fingerprint density at radius 1 is 0.559 bits per heavy atom. The van der Waals surface area contributed by atoms with Gasteiger partial charge in [0.2, 0.25) is 0 Å². The van der Waals surface area contributed by atoms with Gasteiger partial charge in [-0.05, 0) is 25.7 Å². The van der Waals surface area contributed by atoms with E-state index >= 15 is 0 Å². The summed E-state index contributed by atoms with van der Waals surface area (Å²) in [6.07, 6.45) is 5.54. The molecule has 2 fully saturated rings. The Balaban J connectivity index is 2.08. The number of hydrogen-bond donors (Lipinski definition) is 0. The van der Waals surface area contributed by atoms with Crippen molar-refractivity contribution in [2.45, 2.75) is 74.7 Å². The van der Waals surface area contributed by atoms with E-state index in [1.807, 2.05) is 0 Å². The van der Waals surface area contributed by atoms with E-state index in [0.717, 1.165) is 12.8 Å². The molecule has 0 heterocycles. The summed E-state index contributed by atoms with van der Waals surface area (Å²) in [5.74, 6) is -4.37. The lowest BCUT2D eigenvalue weighted by Crippen LogP contribution is -2.37. The zero-order valence-corrected chi connectivity index (χ0v) is 22.0. The maximum atomic E-state index is 12.7. The van der Waals surface area contributed by atoms with Crippen LogP contribution in [0.25, 0.3) is 11.1 Å². The molecule has 2 rings (SSSR count). The zero-order valence-electron chi connectivity index (χ0n) is 18.7. The van der Waals surface area contributed by atoms with Gasteiger partial charge in [-0.3, -0.25) is 0 Å². The third-order valence-corrected chi connectivity index (χ3v) is 14.4. The van der Waals surface area contributed by atoms with Crippen molar-refractivity contribution in [1.29, 1.82) is 0 Å². The largest absolute Gasteiger partial charge is 0.396 e. The fourth-order valence-electron chi connectivity index (χ4n) is 4.25. The average molecular weight is 559 g/mol. The molecule has 0 atom stereocenters. The standard InChI is InChI=1S/C18H30N4O8S4/c19-21-17(33(27,28)15-7-3-1-4-8-15)13-31(23,24)11-12-32(25,26)14-18(22-20)34(29,30)16-9-5-2-6-10-16/h15-16H,1-14H2. The third kappa shape index (κ3) is 7.53. The van der Waals surface area contributed by atoms with Gasteiger partial charge in [0.25, 0.3) is 19.7 Å². The van der Waals surface area contributed by atoms with Crippen LogP contribution in [0, 0.1) is 0 Å². The van der Waals surface area contributed by atoms with Gasteiger partial charge in [-0.15, -0.1) is 0 Å². The van der Waals surface area contributed by atoms with Gasteiger partial charge in [0.05, 0.1) is 22.0 Å². The van der Waals surface area contributed by atoms with Crippen LogP contribution in [0.1, 0.15) is 64.2 Å². The molecule has 0 aliphatic heterocycles. The highest BCUT2D eigenvalue weighted by atomic mass is 32.2. The minimum absolute atomic E-state index is 0.314. The van der Waals surface area contributed by atoms with Crippen molar-refractivity contribution in [3.63, 3.8) is 0 Å². The molecular weight excluding hydrogens is 528 g/mol. The van der Waals surface area contributed by atoms with Crippen LogP contribution in [0.3, 0.4) is 0 Å². The summed E-state index contributed by atoms with van der Waals surface area (Å²) < 4.78 is 100. The normalized spacial score (nSPS) is 19.2. The van der Waals surface area contributed by atoms with Gasteiger partial charge >= 0.3 is 10.1 Å². The monoisotopic (exact) mass is 558 g/mol. The van der Waals surface area contributed by atoms with Crippen LogP contribution in [0.4, 0.5) is 0 Å². The summed E-state index contributed by atoms with van der Waals surface area (Å²) in [6.45, 7) is 0. The van der Waals surface area contributed by atoms with Gasteiger partial charge in [-0.1, -0.05) is 38.5 Å². The highest BCUT2D eigenvalue weighted by molar-refractivity contribution is 8.09. The number of rotatable bonds is 9. The third-order valence-electron chi connectivity index (χ3n) is 6.25. The van der Waals surface area contributed by atoms with Crippen LogP contribution in [0.2, 0.25) is 0 Å². The second-order valence-corrected chi connectivity index (χ2v) is 17.6. The molecule has 0 saturated heterocycles. The molecule has 0 unspecified atom stereocenters. The Morgan fingerprint density at radius 3 is 1.12 bits per heavy atom. The SMILES string of the molecule is [N-]=[N+]=C(CS(=O)(=O)CCS(=O)(=O)CC(=[N+]=[N-])S(=O)(=O)C1CCCCC1)S(=O)(=O)C1CCCCC1. The molecule has 2 aliphatic carbocycles. The van der Waals surface area contributed by atoms with Crippen molar-refractivity contribution in [3.05, 3.63) is 11.1 Å². The first-order valence-electron chi connectivity index (χ1n) is 11.1. The molecule has 0 spiro atoms. The van der Waals surface area contributed by atoms with E-state index in [1.165, 1.54) is 0 Å². The molecule has 2 aliphatic rings. The van der Waals surface area contributed by atoms with Crippen molar-refractivity contribution in [3.8, 4) is 0 Å². The van der Waals surface area contributed by atoms with Crippen LogP contribution < -0.4 is 0 Å². The van der Waals surface area contributed by atoms with Crippen molar-refractivity contribution >= 4 is 49.4 Å². The maximum absolute atomic E-state index is 12.7. The zero-order chi connectivity index (χ0) is 25.6. The van der Waals surface area contributed by atoms with Crippen LogP contribution in [0.15, 0.2) is 0 Å². The molecule has 2 saturated carbocycles. The van der Waals surface area contributed by atoms with Crippen LogP contribution in [-0.2, 0) is 39.3 Å². The lowest BCUT2D eigenvalue weighted by Gasteiger charge is -2.19. The molecule has 194 valence electrons. The van der Waals surface area contributed by atoms with Crippen LogP contribution >= 0.6 is 0 Å². The first-order valence-corrected chi connectivity index (χ1v) is 17.8. The summed E-state index contributed by atoms with van der Waals surface area (Å²) in [5.41, 5.74) is 18.3. The van der Waals surface area contributed by atoms with Crippen LogP contribution in [-0.4, -0.2) is 86.8 Å². The molecular formula is C18H30N4O8S4. The summed E-state index contributed by atoms with van der Waals surface area (Å²) in [5, 5.41) is -3.60. The lowest BCUT2D eigenvalue weighted by molar-refractivity contribution is -0.00137. The molecule has 0 N–H and O–H groups in total. The number of hydrogen-bond acceptors (Lipinski definition) is 8. The highest BCUT2D eigenvalue weighted by Crippen LogP contribution is 2.26. The lowest BCUT2D eigenvalue weighted by atomic mass is 10.0. The molecule has 0 aromatic carbocycles. The Bertz CT molecular complexity index is 1180. The Kier molecular flexibility index (Phi) is 9.76. The molecule has 0 radical (unpaired) electrons. The summed E-state index contributed by atoms with van der Waals surface area (Å²) in [7, 11) is -17.0. The Labute approximate surface area is 201 Å². The van der Waals surface area contributed by atoms with Gasteiger partial charge in [0, 0.05) is 0 Å². The van der Waals surface area contributed by atoms with E-state index in [2.05, 4.69) is 9.58 Å². The number of sulfone groups is 4. The highest BCUT2D eigenvalue weighted by Gasteiger charge is 2.42. The van der Waals surface area contributed by atoms with Gasteiger partial charge in [0.1, 0.15) is 0 Å². The molecule has 0 aromatic rings. The Hall–Kier alpha value is -1.44. The van der Waals surface area contributed by atoms with Gasteiger partial charge in [-0.2, -0.15) is 9.58 Å². The molecule has 16 heteroatoms. The van der Waals surface area contributed by atoms with Crippen molar-refractivity contribution in [1.82, 2.24) is 0 Å². The predicted molar refractivity (Wildman–Crippen MR) is 126 cm³/mol. The van der Waals surface area contributed by atoms with Gasteiger partial charge < -0.3 is 11.1 Å². The maximum Gasteiger partial charge on any atom is 0.396 e. The summed E-state index contributed by atoms with van der Waals surface area (Å²) in [6, 6.07) is 0. The van der Waals surface area contributed by atoms with E-state index in [0.29, 0.717) is 51.4 Å². The van der Waals surface area contributed by atoms with Crippen molar-refractivity contribution < 1.29 is 43.3 Å². The van der Waals surface area contributed by atoms with Crippen LogP contribution in [0.5, 0.6) is 0 Å². The van der Waals surface area contributed by atoms with E-state index in [4.69, 9.17) is 11.1 Å². The second-order valence-electron chi connectivity index (χ2n) is 8.78. The smallest absolute Gasteiger partial charge is 0.360 e. The summed E-state index contributed by atoms with van der Waals surface area (Å²) >= 11 is 0. The van der Waals surface area contributed by atoms with Gasteiger partial charge in [0.15, 0.2) is 31.2 Å². The average Bonchev–Trinajstić information content (AvgIpc) is 2.81. The molecule has 0 bridgehead atoms. The predicted octanol–water partition coefficient (Wildman–Crippen LogP) is 0.568. The molecule has 12 nitrogen and oxygen atoms in total. The fourth-order valence-corrected chi connectivity index (χ4v) is 12.7. The first-order chi connectivity index (χ1) is 15.7. The second kappa shape index (κ2) is 11.5. The molecule has 34 heavy (non-hydrogen) atoms. The first kappa shape index (κ1) is 28.8. The van der Waals surface area contributed by atoms with Gasteiger partial charge in [-0.25, -0.2) is 33.7 Å². The summed E-state index contributed by atoms with van der Waals surface area (Å²) in [4.78, 5) is 5.36. The minimum Gasteiger partial charge on any atom is -0.360 e. The minimum atomic E-state index is -4.35. The molecule has 0 amide bonds. The van der Waals surface area contributed by atoms with E-state index in [1.54, 1.807) is 0 Å². The quantitative estimate of drug-likeness (QED) is 0.168. The molecule has 0 aromatic heterocycles. The van der Waals surface area contributed by atoms with Crippen molar-refractivity contribution in [2.24, 2.45) is 0 Å². The Morgan fingerprint density at radius 2 is 0.853 bits per heavy atom.